The molecule has 6 heteroatoms. The van der Waals surface area contributed by atoms with Gasteiger partial charge in [0, 0.05) is 0 Å². The molecule has 0 heterocycles. The van der Waals surface area contributed by atoms with Crippen molar-refractivity contribution in [3.8, 4) is 0 Å². The van der Waals surface area contributed by atoms with Crippen molar-refractivity contribution >= 4 is 11.9 Å². The first-order chi connectivity index (χ1) is 6.61. The minimum absolute atomic E-state index is 0.0833. The third kappa shape index (κ3) is 4.02. The molecule has 1 rings (SSSR count). The average Bonchev–Trinajstić information content (AvgIpc) is 2.21. The standard InChI is InChI=1S/C8H6O4.La.H2N/c9-7(10)5-1-2-6(4-3-5)8(11)12;;/h1-4H,(H,9,10)(H,11,12);;1H2/q;+1;-1. The van der Waals surface area contributed by atoms with E-state index >= 15 is 0 Å². The molecule has 14 heavy (non-hydrogen) atoms. The number of carbonyl (C=O) groups is 2. The fourth-order valence-electron chi connectivity index (χ4n) is 0.755. The molecule has 0 saturated carbocycles. The maximum atomic E-state index is 10.3. The summed E-state index contributed by atoms with van der Waals surface area (Å²) in [5.41, 5.74) is 0.167. The van der Waals surface area contributed by atoms with Crippen LogP contribution in [0.15, 0.2) is 24.3 Å². The monoisotopic (exact) mass is 321 g/mol. The van der Waals surface area contributed by atoms with Gasteiger partial charge in [-0.1, -0.05) is 0 Å². The Labute approximate surface area is 103 Å². The van der Waals surface area contributed by atoms with Gasteiger partial charge in [-0.15, -0.1) is 0 Å². The molecule has 0 radical (unpaired) electrons. The van der Waals surface area contributed by atoms with Crippen LogP contribution in [0.25, 0.3) is 0 Å². The Kier molecular flexibility index (Phi) is 6.39. The van der Waals surface area contributed by atoms with Crippen molar-refractivity contribution in [2.75, 3.05) is 0 Å². The van der Waals surface area contributed by atoms with E-state index in [4.69, 9.17) is 10.2 Å². The van der Waals surface area contributed by atoms with Crippen molar-refractivity contribution in [3.05, 3.63) is 35.4 Å². The molecular formula is C8H8LaNO4. The molecule has 0 saturated heterocycles. The van der Waals surface area contributed by atoms with Gasteiger partial charge in [0.15, 0.2) is 0 Å². The summed E-state index contributed by atoms with van der Waals surface area (Å²) >= 11 is 0.667. The van der Waals surface area contributed by atoms with Gasteiger partial charge in [0.25, 0.3) is 0 Å². The Hall–Kier alpha value is -0.685. The van der Waals surface area contributed by atoms with Gasteiger partial charge in [-0.05, 0) is 24.3 Å². The first-order valence-electron chi connectivity index (χ1n) is 3.51. The normalized spacial score (nSPS) is 8.29. The average molecular weight is 321 g/mol. The summed E-state index contributed by atoms with van der Waals surface area (Å²) < 4.78 is 4.67. The Morgan fingerprint density at radius 1 is 0.929 bits per heavy atom. The van der Waals surface area contributed by atoms with Crippen LogP contribution in [-0.2, 0) is 0 Å². The van der Waals surface area contributed by atoms with Crippen molar-refractivity contribution in [2.24, 2.45) is 2.50 Å². The molecule has 0 spiro atoms. The van der Waals surface area contributed by atoms with Crippen LogP contribution in [0.4, 0.5) is 0 Å². The van der Waals surface area contributed by atoms with Crippen LogP contribution in [-0.4, -0.2) is 22.2 Å². The van der Waals surface area contributed by atoms with E-state index in [0.717, 1.165) is 0 Å². The third-order valence-corrected chi connectivity index (χ3v) is 1.38. The zero-order chi connectivity index (χ0) is 11.1. The Morgan fingerprint density at radius 2 is 1.14 bits per heavy atom. The van der Waals surface area contributed by atoms with Gasteiger partial charge in [-0.3, -0.25) is 0 Å². The van der Waals surface area contributed by atoms with Crippen molar-refractivity contribution in [3.63, 3.8) is 0 Å². The molecule has 72 valence electrons. The van der Waals surface area contributed by atoms with E-state index in [1.54, 1.807) is 0 Å². The molecule has 4 N–H and O–H groups in total. The number of hydrogen-bond acceptors (Lipinski definition) is 3. The Bertz CT molecular complexity index is 290. The number of carboxylic acids is 2. The van der Waals surface area contributed by atoms with E-state index in [2.05, 4.69) is 2.50 Å². The summed E-state index contributed by atoms with van der Waals surface area (Å²) in [6.45, 7) is 0. The van der Waals surface area contributed by atoms with Crippen LogP contribution in [0.5, 0.6) is 0 Å². The van der Waals surface area contributed by atoms with Crippen LogP contribution < -0.4 is 2.50 Å². The zero-order valence-electron chi connectivity index (χ0n) is 7.18. The number of aromatic carboxylic acids is 2. The molecular weight excluding hydrogens is 313 g/mol. The number of hydrogen-bond donors (Lipinski definition) is 3. The molecule has 0 bridgehead atoms. The Morgan fingerprint density at radius 3 is 1.29 bits per heavy atom. The SMILES string of the molecule is O=C(O)c1ccc(C(=O)O)cc1.[NH2][La]. The topological polar surface area (TPSA) is 101 Å². The van der Waals surface area contributed by atoms with Crippen molar-refractivity contribution in [1.29, 1.82) is 0 Å². The summed E-state index contributed by atoms with van der Waals surface area (Å²) in [6, 6.07) is 5.02. The van der Waals surface area contributed by atoms with Crippen molar-refractivity contribution in [1.82, 2.24) is 0 Å². The quantitative estimate of drug-likeness (QED) is 0.736. The van der Waals surface area contributed by atoms with Crippen LogP contribution in [0.3, 0.4) is 0 Å². The van der Waals surface area contributed by atoms with Crippen LogP contribution >= 0.6 is 0 Å². The zero-order valence-corrected chi connectivity index (χ0v) is 10.8. The molecule has 1 aromatic rings. The molecule has 0 aliphatic heterocycles. The van der Waals surface area contributed by atoms with Gasteiger partial charge in [0.2, 0.25) is 0 Å². The molecule has 0 aliphatic carbocycles. The van der Waals surface area contributed by atoms with E-state index < -0.39 is 11.9 Å². The number of rotatable bonds is 2. The molecule has 5 nitrogen and oxygen atoms in total. The van der Waals surface area contributed by atoms with E-state index in [1.807, 2.05) is 0 Å². The summed E-state index contributed by atoms with van der Waals surface area (Å²) in [5.74, 6) is -2.13. The Balaban J connectivity index is 0.000000791. The summed E-state index contributed by atoms with van der Waals surface area (Å²) in [5, 5.41) is 16.9. The summed E-state index contributed by atoms with van der Waals surface area (Å²) in [7, 11) is 0. The van der Waals surface area contributed by atoms with Crippen molar-refractivity contribution in [2.45, 2.75) is 0 Å². The maximum absolute atomic E-state index is 10.3. The van der Waals surface area contributed by atoms with Gasteiger partial charge in [0.1, 0.15) is 0 Å². The van der Waals surface area contributed by atoms with Crippen LogP contribution in [0, 0.1) is 34.1 Å². The second kappa shape index (κ2) is 6.72. The molecule has 0 fully saturated rings. The molecule has 0 aliphatic rings. The molecule has 0 amide bonds. The predicted molar refractivity (Wildman–Crippen MR) is 44.5 cm³/mol. The van der Waals surface area contributed by atoms with E-state index in [0.29, 0.717) is 34.1 Å². The predicted octanol–water partition coefficient (Wildman–Crippen LogP) is 0.492. The van der Waals surface area contributed by atoms with E-state index in [-0.39, 0.29) is 11.1 Å². The van der Waals surface area contributed by atoms with Gasteiger partial charge >= 0.3 is 48.5 Å². The number of carboxylic acid groups (broad SMARTS) is 2. The molecule has 1 aromatic carbocycles. The first kappa shape index (κ1) is 13.3. The fraction of sp³-hybridized carbons (Fsp3) is 0. The van der Waals surface area contributed by atoms with Gasteiger partial charge < -0.3 is 10.2 Å². The van der Waals surface area contributed by atoms with E-state index in [1.165, 1.54) is 24.3 Å². The third-order valence-electron chi connectivity index (χ3n) is 1.38. The second-order valence-electron chi connectivity index (χ2n) is 2.19. The molecule has 0 atom stereocenters. The molecule has 0 unspecified atom stereocenters. The number of benzene rings is 1. The van der Waals surface area contributed by atoms with Gasteiger partial charge in [0.05, 0.1) is 11.1 Å². The second-order valence-corrected chi connectivity index (χ2v) is 2.19. The summed E-state index contributed by atoms with van der Waals surface area (Å²) in [6.07, 6.45) is 0. The molecule has 0 aromatic heterocycles. The fourth-order valence-corrected chi connectivity index (χ4v) is 0.755. The van der Waals surface area contributed by atoms with Crippen molar-refractivity contribution < 1.29 is 53.9 Å². The minimum atomic E-state index is -1.06. The summed E-state index contributed by atoms with van der Waals surface area (Å²) in [4.78, 5) is 20.7. The van der Waals surface area contributed by atoms with Crippen LogP contribution in [0.2, 0.25) is 0 Å². The van der Waals surface area contributed by atoms with Gasteiger partial charge in [-0.2, -0.15) is 0 Å². The van der Waals surface area contributed by atoms with E-state index in [9.17, 15) is 9.59 Å². The van der Waals surface area contributed by atoms with Gasteiger partial charge in [-0.25, -0.2) is 9.59 Å². The first-order valence-corrected chi connectivity index (χ1v) is 5.60. The van der Waals surface area contributed by atoms with Crippen LogP contribution in [0.1, 0.15) is 20.7 Å². The number of nitrogens with two attached hydrogens (primary N) is 1.